The normalized spacial score (nSPS) is 14.6. The number of nitrogens with one attached hydrogen (secondary N) is 1. The van der Waals surface area contributed by atoms with Crippen LogP contribution in [0.3, 0.4) is 0 Å². The topological polar surface area (TPSA) is 55.9 Å². The lowest BCUT2D eigenvalue weighted by molar-refractivity contribution is 0.803. The van der Waals surface area contributed by atoms with Crippen molar-refractivity contribution >= 4 is 5.69 Å². The van der Waals surface area contributed by atoms with Crippen molar-refractivity contribution in [1.82, 2.24) is 9.78 Å². The molecule has 0 amide bonds. The second kappa shape index (κ2) is 5.05. The minimum atomic E-state index is 0.639. The number of aromatic nitrogens is 2. The lowest BCUT2D eigenvalue weighted by Gasteiger charge is -2.11. The molecule has 0 aliphatic heterocycles. The van der Waals surface area contributed by atoms with Crippen LogP contribution >= 0.6 is 0 Å². The quantitative estimate of drug-likeness (QED) is 0.864. The van der Waals surface area contributed by atoms with Gasteiger partial charge in [-0.15, -0.1) is 0 Å². The summed E-state index contributed by atoms with van der Waals surface area (Å²) in [6, 6.07) is 8.38. The van der Waals surface area contributed by atoms with E-state index in [1.807, 2.05) is 6.20 Å². The van der Waals surface area contributed by atoms with Crippen molar-refractivity contribution in [3.63, 3.8) is 0 Å². The van der Waals surface area contributed by atoms with E-state index < -0.39 is 0 Å². The molecule has 0 unspecified atom stereocenters. The predicted octanol–water partition coefficient (Wildman–Crippen LogP) is 2.43. The van der Waals surface area contributed by atoms with Gasteiger partial charge in [0.05, 0.1) is 23.3 Å². The number of para-hydroxylation sites is 1. The molecule has 1 heterocycles. The Morgan fingerprint density at radius 2 is 2.16 bits per heavy atom. The van der Waals surface area contributed by atoms with Crippen molar-refractivity contribution in [2.24, 2.45) is 5.73 Å². The summed E-state index contributed by atoms with van der Waals surface area (Å²) in [5, 5.41) is 7.96. The molecule has 1 fully saturated rings. The van der Waals surface area contributed by atoms with Crippen LogP contribution in [0.15, 0.2) is 30.5 Å². The van der Waals surface area contributed by atoms with Gasteiger partial charge in [0.2, 0.25) is 0 Å². The maximum atomic E-state index is 5.57. The lowest BCUT2D eigenvalue weighted by atomic mass is 10.2. The van der Waals surface area contributed by atoms with Crippen LogP contribution in [0, 0.1) is 6.92 Å². The number of rotatable bonds is 5. The molecule has 4 heteroatoms. The van der Waals surface area contributed by atoms with Gasteiger partial charge in [0.1, 0.15) is 0 Å². The first-order valence-electron chi connectivity index (χ1n) is 6.89. The molecule has 0 bridgehead atoms. The Bertz CT molecular complexity index is 569. The molecule has 100 valence electrons. The van der Waals surface area contributed by atoms with Crippen molar-refractivity contribution in [2.75, 3.05) is 18.4 Å². The molecule has 1 aromatic heterocycles. The minimum absolute atomic E-state index is 0.639. The summed E-state index contributed by atoms with van der Waals surface area (Å²) in [5.41, 5.74) is 10.4. The van der Waals surface area contributed by atoms with Crippen LogP contribution in [0.25, 0.3) is 5.69 Å². The zero-order chi connectivity index (χ0) is 13.2. The van der Waals surface area contributed by atoms with Gasteiger partial charge in [-0.2, -0.15) is 5.10 Å². The number of aryl methyl sites for hydroxylation is 1. The SMILES string of the molecule is Cc1ccccc1-n1ncc(NCCN)c1C1CC1. The monoisotopic (exact) mass is 256 g/mol. The summed E-state index contributed by atoms with van der Waals surface area (Å²) in [6.45, 7) is 3.56. The van der Waals surface area contributed by atoms with Crippen LogP contribution in [0.2, 0.25) is 0 Å². The molecule has 1 aliphatic carbocycles. The molecular weight excluding hydrogens is 236 g/mol. The Labute approximate surface area is 113 Å². The Morgan fingerprint density at radius 1 is 1.37 bits per heavy atom. The molecular formula is C15H20N4. The van der Waals surface area contributed by atoms with E-state index in [9.17, 15) is 0 Å². The molecule has 2 aromatic rings. The van der Waals surface area contributed by atoms with Crippen LogP contribution in [-0.4, -0.2) is 22.9 Å². The maximum Gasteiger partial charge on any atom is 0.0767 e. The molecule has 0 radical (unpaired) electrons. The Hall–Kier alpha value is -1.81. The highest BCUT2D eigenvalue weighted by Crippen LogP contribution is 2.44. The fourth-order valence-corrected chi connectivity index (χ4v) is 2.44. The Balaban J connectivity index is 2.02. The van der Waals surface area contributed by atoms with Gasteiger partial charge in [0.25, 0.3) is 0 Å². The summed E-state index contributed by atoms with van der Waals surface area (Å²) in [7, 11) is 0. The average Bonchev–Trinajstić information content (AvgIpc) is 3.18. The summed E-state index contributed by atoms with van der Waals surface area (Å²) in [5.74, 6) is 0.641. The first-order chi connectivity index (χ1) is 9.31. The zero-order valence-electron chi connectivity index (χ0n) is 11.3. The van der Waals surface area contributed by atoms with Crippen LogP contribution in [-0.2, 0) is 0 Å². The molecule has 1 saturated carbocycles. The van der Waals surface area contributed by atoms with Crippen molar-refractivity contribution in [3.8, 4) is 5.69 Å². The second-order valence-electron chi connectivity index (χ2n) is 5.13. The highest BCUT2D eigenvalue weighted by Gasteiger charge is 2.30. The van der Waals surface area contributed by atoms with E-state index >= 15 is 0 Å². The van der Waals surface area contributed by atoms with Gasteiger partial charge >= 0.3 is 0 Å². The molecule has 1 aromatic carbocycles. The standard InChI is InChI=1S/C15H20N4/c1-11-4-2-3-5-14(11)19-15(12-6-7-12)13(10-18-19)17-9-8-16/h2-5,10,12,17H,6-9,16H2,1H3. The fraction of sp³-hybridized carbons (Fsp3) is 0.400. The molecule has 4 nitrogen and oxygen atoms in total. The first-order valence-corrected chi connectivity index (χ1v) is 6.89. The Kier molecular flexibility index (Phi) is 3.25. The van der Waals surface area contributed by atoms with Gasteiger partial charge in [-0.1, -0.05) is 18.2 Å². The summed E-state index contributed by atoms with van der Waals surface area (Å²) >= 11 is 0. The van der Waals surface area contributed by atoms with Crippen molar-refractivity contribution < 1.29 is 0 Å². The van der Waals surface area contributed by atoms with Gasteiger partial charge in [0, 0.05) is 19.0 Å². The first kappa shape index (κ1) is 12.2. The zero-order valence-corrected chi connectivity index (χ0v) is 11.3. The van der Waals surface area contributed by atoms with E-state index in [1.54, 1.807) is 0 Å². The Morgan fingerprint density at radius 3 is 2.84 bits per heavy atom. The molecule has 0 saturated heterocycles. The lowest BCUT2D eigenvalue weighted by Crippen LogP contribution is -2.14. The highest BCUT2D eigenvalue weighted by molar-refractivity contribution is 5.54. The van der Waals surface area contributed by atoms with E-state index in [0.29, 0.717) is 12.5 Å². The molecule has 1 aliphatic rings. The number of benzene rings is 1. The highest BCUT2D eigenvalue weighted by atomic mass is 15.3. The third kappa shape index (κ3) is 2.36. The van der Waals surface area contributed by atoms with Gasteiger partial charge < -0.3 is 11.1 Å². The molecule has 3 rings (SSSR count). The predicted molar refractivity (Wildman–Crippen MR) is 77.8 cm³/mol. The number of nitrogens with two attached hydrogens (primary N) is 1. The fourth-order valence-electron chi connectivity index (χ4n) is 2.44. The van der Waals surface area contributed by atoms with Crippen LogP contribution in [0.5, 0.6) is 0 Å². The summed E-state index contributed by atoms with van der Waals surface area (Å²) < 4.78 is 2.09. The number of hydrogen-bond donors (Lipinski definition) is 2. The van der Waals surface area contributed by atoms with Gasteiger partial charge in [-0.25, -0.2) is 4.68 Å². The van der Waals surface area contributed by atoms with Gasteiger partial charge in [-0.05, 0) is 31.4 Å². The van der Waals surface area contributed by atoms with Crippen LogP contribution in [0.1, 0.15) is 30.0 Å². The summed E-state index contributed by atoms with van der Waals surface area (Å²) in [6.07, 6.45) is 4.44. The minimum Gasteiger partial charge on any atom is -0.381 e. The largest absolute Gasteiger partial charge is 0.381 e. The van der Waals surface area contributed by atoms with Crippen molar-refractivity contribution in [3.05, 3.63) is 41.7 Å². The van der Waals surface area contributed by atoms with E-state index in [2.05, 4.69) is 46.3 Å². The number of nitrogens with zero attached hydrogens (tertiary/aromatic N) is 2. The number of hydrogen-bond acceptors (Lipinski definition) is 3. The molecule has 0 spiro atoms. The smallest absolute Gasteiger partial charge is 0.0767 e. The van der Waals surface area contributed by atoms with Gasteiger partial charge in [-0.3, -0.25) is 0 Å². The number of anilines is 1. The van der Waals surface area contributed by atoms with E-state index in [1.165, 1.54) is 29.8 Å². The summed E-state index contributed by atoms with van der Waals surface area (Å²) in [4.78, 5) is 0. The van der Waals surface area contributed by atoms with Crippen molar-refractivity contribution in [2.45, 2.75) is 25.7 Å². The third-order valence-corrected chi connectivity index (χ3v) is 3.57. The van der Waals surface area contributed by atoms with Crippen LogP contribution < -0.4 is 11.1 Å². The van der Waals surface area contributed by atoms with Gasteiger partial charge in [0.15, 0.2) is 0 Å². The molecule has 0 atom stereocenters. The molecule has 3 N–H and O–H groups in total. The maximum absolute atomic E-state index is 5.57. The second-order valence-corrected chi connectivity index (χ2v) is 5.13. The molecule has 19 heavy (non-hydrogen) atoms. The van der Waals surface area contributed by atoms with E-state index in [0.717, 1.165) is 12.2 Å². The van der Waals surface area contributed by atoms with E-state index in [4.69, 9.17) is 5.73 Å². The van der Waals surface area contributed by atoms with Crippen molar-refractivity contribution in [1.29, 1.82) is 0 Å². The average molecular weight is 256 g/mol. The third-order valence-electron chi connectivity index (χ3n) is 3.57. The van der Waals surface area contributed by atoms with Crippen LogP contribution in [0.4, 0.5) is 5.69 Å². The van der Waals surface area contributed by atoms with E-state index in [-0.39, 0.29) is 0 Å².